The molecule has 0 radical (unpaired) electrons. The van der Waals surface area contributed by atoms with E-state index in [1.165, 1.54) is 9.75 Å². The Hall–Kier alpha value is -2.07. The normalized spacial score (nSPS) is 13.6. The lowest BCUT2D eigenvalue weighted by Crippen LogP contribution is -2.15. The van der Waals surface area contributed by atoms with Gasteiger partial charge < -0.3 is 9.47 Å². The molecule has 108 valence electrons. The molecule has 0 spiro atoms. The third kappa shape index (κ3) is 3.00. The number of allylic oxidation sites excluding steroid dienone is 1. The molecule has 0 amide bonds. The monoisotopic (exact) mass is 300 g/mol. The molecular formula is C17H16O3S. The zero-order chi connectivity index (χ0) is 14.8. The maximum absolute atomic E-state index is 12.2. The summed E-state index contributed by atoms with van der Waals surface area (Å²) in [6.07, 6.45) is 3.48. The van der Waals surface area contributed by atoms with Gasteiger partial charge in [0.1, 0.15) is 13.2 Å². The van der Waals surface area contributed by atoms with Crippen LogP contribution in [0, 0.1) is 13.8 Å². The first-order chi connectivity index (χ1) is 10.1. The fraction of sp³-hybridized carbons (Fsp3) is 0.235. The molecule has 4 heteroatoms. The molecule has 0 saturated carbocycles. The van der Waals surface area contributed by atoms with E-state index in [4.69, 9.17) is 9.47 Å². The number of thiophene rings is 1. The molecule has 3 nitrogen and oxygen atoms in total. The Morgan fingerprint density at radius 1 is 1.14 bits per heavy atom. The molecule has 1 aromatic heterocycles. The van der Waals surface area contributed by atoms with Crippen molar-refractivity contribution in [3.63, 3.8) is 0 Å². The van der Waals surface area contributed by atoms with Crippen molar-refractivity contribution in [3.8, 4) is 11.5 Å². The highest BCUT2D eigenvalue weighted by molar-refractivity contribution is 7.12. The van der Waals surface area contributed by atoms with Gasteiger partial charge in [-0.3, -0.25) is 4.79 Å². The molecule has 3 rings (SSSR count). The van der Waals surface area contributed by atoms with E-state index in [0.29, 0.717) is 30.3 Å². The van der Waals surface area contributed by atoms with Crippen LogP contribution in [0.4, 0.5) is 0 Å². The van der Waals surface area contributed by atoms with Gasteiger partial charge in [0.2, 0.25) is 0 Å². The van der Waals surface area contributed by atoms with Crippen molar-refractivity contribution in [3.05, 3.63) is 51.2 Å². The van der Waals surface area contributed by atoms with Gasteiger partial charge in [0.25, 0.3) is 0 Å². The first-order valence-corrected chi connectivity index (χ1v) is 7.64. The number of benzene rings is 1. The van der Waals surface area contributed by atoms with Gasteiger partial charge in [-0.15, -0.1) is 11.3 Å². The molecule has 1 aliphatic heterocycles. The molecule has 21 heavy (non-hydrogen) atoms. The van der Waals surface area contributed by atoms with Crippen molar-refractivity contribution in [1.82, 2.24) is 0 Å². The van der Waals surface area contributed by atoms with Gasteiger partial charge in [-0.05, 0) is 55.8 Å². The average Bonchev–Trinajstić information content (AvgIpc) is 2.82. The smallest absolute Gasteiger partial charge is 0.185 e. The first-order valence-electron chi connectivity index (χ1n) is 6.82. The van der Waals surface area contributed by atoms with E-state index in [1.807, 2.05) is 6.08 Å². The Balaban J connectivity index is 1.80. The number of hydrogen-bond donors (Lipinski definition) is 0. The van der Waals surface area contributed by atoms with E-state index in [-0.39, 0.29) is 5.78 Å². The van der Waals surface area contributed by atoms with Crippen LogP contribution in [0.1, 0.15) is 25.7 Å². The molecular weight excluding hydrogens is 284 g/mol. The fourth-order valence-corrected chi connectivity index (χ4v) is 3.19. The molecule has 2 aromatic rings. The molecule has 0 saturated heterocycles. The highest BCUT2D eigenvalue weighted by Crippen LogP contribution is 2.31. The number of carbonyl (C=O) groups is 1. The average molecular weight is 300 g/mol. The van der Waals surface area contributed by atoms with Crippen LogP contribution in [-0.2, 0) is 0 Å². The van der Waals surface area contributed by atoms with Crippen LogP contribution in [0.3, 0.4) is 0 Å². The summed E-state index contributed by atoms with van der Waals surface area (Å²) >= 11 is 1.74. The zero-order valence-corrected chi connectivity index (χ0v) is 12.8. The van der Waals surface area contributed by atoms with E-state index in [0.717, 1.165) is 5.56 Å². The minimum atomic E-state index is -0.0322. The Kier molecular flexibility index (Phi) is 3.80. The molecule has 0 aliphatic carbocycles. The van der Waals surface area contributed by atoms with Crippen molar-refractivity contribution in [1.29, 1.82) is 0 Å². The maximum atomic E-state index is 12.2. The standard InChI is InChI=1S/C17H16O3S/c1-11-9-13(12(2)21-11)3-5-15(18)14-4-6-16-17(10-14)20-8-7-19-16/h3-6,9-10H,7-8H2,1-2H3/b5-3+. The number of fused-ring (bicyclic) bond motifs is 1. The molecule has 0 bridgehead atoms. The third-order valence-electron chi connectivity index (χ3n) is 3.32. The molecule has 0 unspecified atom stereocenters. The highest BCUT2D eigenvalue weighted by atomic mass is 32.1. The van der Waals surface area contributed by atoms with E-state index < -0.39 is 0 Å². The number of ether oxygens (including phenoxy) is 2. The minimum absolute atomic E-state index is 0.0322. The number of aryl methyl sites for hydroxylation is 2. The van der Waals surface area contributed by atoms with Gasteiger partial charge in [-0.2, -0.15) is 0 Å². The summed E-state index contributed by atoms with van der Waals surface area (Å²) < 4.78 is 11.0. The van der Waals surface area contributed by atoms with Gasteiger partial charge in [0.05, 0.1) is 0 Å². The summed E-state index contributed by atoms with van der Waals surface area (Å²) in [5.74, 6) is 1.31. The quantitative estimate of drug-likeness (QED) is 0.634. The van der Waals surface area contributed by atoms with Crippen LogP contribution in [0.2, 0.25) is 0 Å². The fourth-order valence-electron chi connectivity index (χ4n) is 2.27. The number of ketones is 1. The zero-order valence-electron chi connectivity index (χ0n) is 12.0. The highest BCUT2D eigenvalue weighted by Gasteiger charge is 2.13. The van der Waals surface area contributed by atoms with Crippen LogP contribution in [0.5, 0.6) is 11.5 Å². The molecule has 2 heterocycles. The van der Waals surface area contributed by atoms with Gasteiger partial charge in [0.15, 0.2) is 17.3 Å². The van der Waals surface area contributed by atoms with E-state index >= 15 is 0 Å². The van der Waals surface area contributed by atoms with E-state index in [2.05, 4.69) is 19.9 Å². The number of carbonyl (C=O) groups excluding carboxylic acids is 1. The summed E-state index contributed by atoms with van der Waals surface area (Å²) in [7, 11) is 0. The SMILES string of the molecule is Cc1cc(/C=C/C(=O)c2ccc3c(c2)OCCO3)c(C)s1. The molecule has 0 fully saturated rings. The van der Waals surface area contributed by atoms with Crippen molar-refractivity contribution < 1.29 is 14.3 Å². The lowest BCUT2D eigenvalue weighted by Gasteiger charge is -2.18. The summed E-state index contributed by atoms with van der Waals surface area (Å²) in [5, 5.41) is 0. The second-order valence-corrected chi connectivity index (χ2v) is 6.39. The summed E-state index contributed by atoms with van der Waals surface area (Å²) in [5.41, 5.74) is 1.71. The molecule has 1 aliphatic rings. The summed E-state index contributed by atoms with van der Waals surface area (Å²) in [4.78, 5) is 14.7. The van der Waals surface area contributed by atoms with E-state index in [1.54, 1.807) is 35.6 Å². The maximum Gasteiger partial charge on any atom is 0.185 e. The molecule has 1 aromatic carbocycles. The van der Waals surface area contributed by atoms with Crippen LogP contribution < -0.4 is 9.47 Å². The largest absolute Gasteiger partial charge is 0.486 e. The van der Waals surface area contributed by atoms with Crippen LogP contribution in [-0.4, -0.2) is 19.0 Å². The molecule has 0 N–H and O–H groups in total. The van der Waals surface area contributed by atoms with Gasteiger partial charge in [0, 0.05) is 15.3 Å². The van der Waals surface area contributed by atoms with Crippen molar-refractivity contribution >= 4 is 23.2 Å². The number of hydrogen-bond acceptors (Lipinski definition) is 4. The second-order valence-electron chi connectivity index (χ2n) is 4.92. The van der Waals surface area contributed by atoms with Gasteiger partial charge in [-0.25, -0.2) is 0 Å². The predicted molar refractivity (Wildman–Crippen MR) is 84.6 cm³/mol. The van der Waals surface area contributed by atoms with Gasteiger partial charge >= 0.3 is 0 Å². The lowest BCUT2D eigenvalue weighted by molar-refractivity contribution is 0.104. The Bertz CT molecular complexity index is 713. The van der Waals surface area contributed by atoms with Crippen LogP contribution >= 0.6 is 11.3 Å². The summed E-state index contributed by atoms with van der Waals surface area (Å²) in [6.45, 7) is 5.20. The first kappa shape index (κ1) is 13.9. The predicted octanol–water partition coefficient (Wildman–Crippen LogP) is 4.03. The van der Waals surface area contributed by atoms with Crippen LogP contribution in [0.25, 0.3) is 6.08 Å². The summed E-state index contributed by atoms with van der Waals surface area (Å²) in [6, 6.07) is 7.39. The minimum Gasteiger partial charge on any atom is -0.486 e. The van der Waals surface area contributed by atoms with Crippen molar-refractivity contribution in [2.75, 3.05) is 13.2 Å². The Morgan fingerprint density at radius 2 is 1.90 bits per heavy atom. The third-order valence-corrected chi connectivity index (χ3v) is 4.30. The second kappa shape index (κ2) is 5.74. The molecule has 0 atom stereocenters. The van der Waals surface area contributed by atoms with Gasteiger partial charge in [-0.1, -0.05) is 0 Å². The van der Waals surface area contributed by atoms with E-state index in [9.17, 15) is 4.79 Å². The topological polar surface area (TPSA) is 35.5 Å². The van der Waals surface area contributed by atoms with Crippen molar-refractivity contribution in [2.24, 2.45) is 0 Å². The number of rotatable bonds is 3. The lowest BCUT2D eigenvalue weighted by atomic mass is 10.1. The van der Waals surface area contributed by atoms with Crippen LogP contribution in [0.15, 0.2) is 30.3 Å². The Labute approximate surface area is 127 Å². The van der Waals surface area contributed by atoms with Crippen molar-refractivity contribution in [2.45, 2.75) is 13.8 Å². The Morgan fingerprint density at radius 3 is 2.62 bits per heavy atom.